The fraction of sp³-hybridized carbons (Fsp3) is 0.214. The van der Waals surface area contributed by atoms with Crippen molar-refractivity contribution in [1.29, 1.82) is 0 Å². The molecule has 1 heterocycles. The van der Waals surface area contributed by atoms with Gasteiger partial charge in [0, 0.05) is 17.9 Å². The molecule has 2 aromatic rings. The Morgan fingerprint density at radius 2 is 1.81 bits per heavy atom. The first kappa shape index (κ1) is 15.5. The van der Waals surface area contributed by atoms with E-state index in [0.29, 0.717) is 16.1 Å². The number of nitrogens with one attached hydrogen (secondary N) is 3. The van der Waals surface area contributed by atoms with E-state index in [1.165, 1.54) is 0 Å². The molecule has 0 aliphatic heterocycles. The summed E-state index contributed by atoms with van der Waals surface area (Å²) in [6.45, 7) is 2.95. The Balaban J connectivity index is 1.92. The first-order chi connectivity index (χ1) is 10.2. The third-order valence-corrected chi connectivity index (χ3v) is 3.03. The summed E-state index contributed by atoms with van der Waals surface area (Å²) in [6.07, 6.45) is 1.03. The fourth-order valence-corrected chi connectivity index (χ4v) is 1.90. The van der Waals surface area contributed by atoms with E-state index in [1.807, 2.05) is 24.3 Å². The lowest BCUT2D eigenvalue weighted by Crippen LogP contribution is -2.28. The minimum absolute atomic E-state index is 0.369. The Kier molecular flexibility index (Phi) is 5.71. The van der Waals surface area contributed by atoms with Crippen molar-refractivity contribution in [2.75, 3.05) is 17.2 Å². The quantitative estimate of drug-likeness (QED) is 0.732. The van der Waals surface area contributed by atoms with Crippen LogP contribution in [0.3, 0.4) is 0 Å². The molecular formula is C14H16ClN5S. The lowest BCUT2D eigenvalue weighted by Gasteiger charge is -2.10. The second-order valence-electron chi connectivity index (χ2n) is 4.32. The summed E-state index contributed by atoms with van der Waals surface area (Å²) in [7, 11) is 0. The third-order valence-electron chi connectivity index (χ3n) is 2.58. The summed E-state index contributed by atoms with van der Waals surface area (Å²) in [5.41, 5.74) is 1.83. The predicted molar refractivity (Wildman–Crippen MR) is 91.3 cm³/mol. The van der Waals surface area contributed by atoms with Gasteiger partial charge in [0.15, 0.2) is 16.1 Å². The standard InChI is InChI=1S/C14H16ClN5S/c1-2-9-16-14(21)18-11-5-3-10(4-6-11)17-13-8-7-12(15)19-20-13/h3-8H,2,9H2,1H3,(H,17,20)(H2,16,18,21). The molecule has 1 aromatic heterocycles. The molecule has 1 aromatic carbocycles. The Morgan fingerprint density at radius 3 is 2.43 bits per heavy atom. The van der Waals surface area contributed by atoms with Crippen LogP contribution >= 0.6 is 23.8 Å². The normalized spacial score (nSPS) is 10.0. The number of thiocarbonyl (C=S) groups is 1. The smallest absolute Gasteiger partial charge is 0.170 e. The number of aromatic nitrogens is 2. The summed E-state index contributed by atoms with van der Waals surface area (Å²) in [5, 5.41) is 18.1. The Morgan fingerprint density at radius 1 is 1.10 bits per heavy atom. The number of nitrogens with zero attached hydrogens (tertiary/aromatic N) is 2. The zero-order chi connectivity index (χ0) is 15.1. The summed E-state index contributed by atoms with van der Waals surface area (Å²) >= 11 is 10.9. The van der Waals surface area contributed by atoms with Crippen molar-refractivity contribution >= 4 is 46.1 Å². The summed E-state index contributed by atoms with van der Waals surface area (Å²) in [4.78, 5) is 0. The van der Waals surface area contributed by atoms with E-state index in [2.05, 4.69) is 33.1 Å². The topological polar surface area (TPSA) is 61.9 Å². The van der Waals surface area contributed by atoms with Crippen molar-refractivity contribution in [3.8, 4) is 0 Å². The third kappa shape index (κ3) is 5.17. The molecule has 0 saturated heterocycles. The average Bonchev–Trinajstić information content (AvgIpc) is 2.49. The van der Waals surface area contributed by atoms with Crippen LogP contribution in [0.4, 0.5) is 17.2 Å². The van der Waals surface area contributed by atoms with Crippen LogP contribution in [0.5, 0.6) is 0 Å². The molecule has 21 heavy (non-hydrogen) atoms. The number of rotatable bonds is 5. The molecule has 7 heteroatoms. The van der Waals surface area contributed by atoms with Crippen LogP contribution in [0.2, 0.25) is 5.15 Å². The first-order valence-corrected chi connectivity index (χ1v) is 7.37. The highest BCUT2D eigenvalue weighted by Crippen LogP contribution is 2.17. The molecule has 0 saturated carbocycles. The Hall–Kier alpha value is -1.92. The van der Waals surface area contributed by atoms with Gasteiger partial charge in [-0.15, -0.1) is 10.2 Å². The SMILES string of the molecule is CCCNC(=S)Nc1ccc(Nc2ccc(Cl)nn2)cc1. The number of benzene rings is 1. The molecule has 0 unspecified atom stereocenters. The van der Waals surface area contributed by atoms with Crippen LogP contribution in [-0.2, 0) is 0 Å². The molecular weight excluding hydrogens is 306 g/mol. The summed E-state index contributed by atoms with van der Waals surface area (Å²) in [5.74, 6) is 0.639. The van der Waals surface area contributed by atoms with E-state index >= 15 is 0 Å². The number of hydrogen-bond donors (Lipinski definition) is 3. The Bertz CT molecular complexity index is 585. The summed E-state index contributed by atoms with van der Waals surface area (Å²) in [6, 6.07) is 11.2. The monoisotopic (exact) mass is 321 g/mol. The van der Waals surface area contributed by atoms with Gasteiger partial charge in [-0.3, -0.25) is 0 Å². The van der Waals surface area contributed by atoms with Gasteiger partial charge in [0.2, 0.25) is 0 Å². The Labute approximate surface area is 134 Å². The van der Waals surface area contributed by atoms with E-state index in [0.717, 1.165) is 24.3 Å². The number of hydrogen-bond acceptors (Lipinski definition) is 4. The predicted octanol–water partition coefficient (Wildman–Crippen LogP) is 3.57. The van der Waals surface area contributed by atoms with E-state index in [4.69, 9.17) is 23.8 Å². The van der Waals surface area contributed by atoms with E-state index in [9.17, 15) is 0 Å². The van der Waals surface area contributed by atoms with Crippen molar-refractivity contribution in [1.82, 2.24) is 15.5 Å². The van der Waals surface area contributed by atoms with Gasteiger partial charge < -0.3 is 16.0 Å². The highest BCUT2D eigenvalue weighted by atomic mass is 35.5. The molecule has 0 fully saturated rings. The first-order valence-electron chi connectivity index (χ1n) is 6.58. The highest BCUT2D eigenvalue weighted by Gasteiger charge is 1.99. The van der Waals surface area contributed by atoms with Gasteiger partial charge in [-0.25, -0.2) is 0 Å². The molecule has 2 rings (SSSR count). The van der Waals surface area contributed by atoms with Crippen LogP contribution in [0.25, 0.3) is 0 Å². The molecule has 3 N–H and O–H groups in total. The second-order valence-corrected chi connectivity index (χ2v) is 5.12. The maximum Gasteiger partial charge on any atom is 0.170 e. The zero-order valence-corrected chi connectivity index (χ0v) is 13.1. The molecule has 5 nitrogen and oxygen atoms in total. The van der Waals surface area contributed by atoms with Crippen molar-refractivity contribution in [2.24, 2.45) is 0 Å². The zero-order valence-electron chi connectivity index (χ0n) is 11.6. The second kappa shape index (κ2) is 7.75. The van der Waals surface area contributed by atoms with Crippen molar-refractivity contribution in [2.45, 2.75) is 13.3 Å². The molecule has 0 amide bonds. The largest absolute Gasteiger partial charge is 0.362 e. The highest BCUT2D eigenvalue weighted by molar-refractivity contribution is 7.80. The van der Waals surface area contributed by atoms with Gasteiger partial charge in [0.1, 0.15) is 0 Å². The molecule has 0 bridgehead atoms. The maximum atomic E-state index is 5.69. The molecule has 0 aliphatic rings. The van der Waals surface area contributed by atoms with E-state index in [1.54, 1.807) is 12.1 Å². The van der Waals surface area contributed by atoms with Gasteiger partial charge in [-0.2, -0.15) is 0 Å². The minimum Gasteiger partial charge on any atom is -0.362 e. The van der Waals surface area contributed by atoms with Gasteiger partial charge in [0.25, 0.3) is 0 Å². The summed E-state index contributed by atoms with van der Waals surface area (Å²) < 4.78 is 0. The number of anilines is 3. The van der Waals surface area contributed by atoms with E-state index < -0.39 is 0 Å². The number of halogens is 1. The van der Waals surface area contributed by atoms with Gasteiger partial charge >= 0.3 is 0 Å². The molecule has 0 aliphatic carbocycles. The molecule has 0 atom stereocenters. The minimum atomic E-state index is 0.369. The van der Waals surface area contributed by atoms with Crippen LogP contribution < -0.4 is 16.0 Å². The van der Waals surface area contributed by atoms with Crippen LogP contribution in [-0.4, -0.2) is 21.9 Å². The van der Waals surface area contributed by atoms with Crippen molar-refractivity contribution in [3.63, 3.8) is 0 Å². The van der Waals surface area contributed by atoms with Gasteiger partial charge in [-0.05, 0) is 55.0 Å². The molecule has 0 radical (unpaired) electrons. The van der Waals surface area contributed by atoms with Crippen LogP contribution in [0.15, 0.2) is 36.4 Å². The van der Waals surface area contributed by atoms with E-state index in [-0.39, 0.29) is 0 Å². The van der Waals surface area contributed by atoms with Crippen molar-refractivity contribution in [3.05, 3.63) is 41.6 Å². The average molecular weight is 322 g/mol. The van der Waals surface area contributed by atoms with Gasteiger partial charge in [0.05, 0.1) is 0 Å². The van der Waals surface area contributed by atoms with Crippen molar-refractivity contribution < 1.29 is 0 Å². The fourth-order valence-electron chi connectivity index (χ4n) is 1.58. The lowest BCUT2D eigenvalue weighted by atomic mass is 10.3. The van der Waals surface area contributed by atoms with Gasteiger partial charge in [-0.1, -0.05) is 18.5 Å². The van der Waals surface area contributed by atoms with Crippen LogP contribution in [0.1, 0.15) is 13.3 Å². The molecule has 0 spiro atoms. The maximum absolute atomic E-state index is 5.69. The molecule has 110 valence electrons. The van der Waals surface area contributed by atoms with Crippen LogP contribution in [0, 0.1) is 0 Å². The lowest BCUT2D eigenvalue weighted by molar-refractivity contribution is 0.846.